The van der Waals surface area contributed by atoms with Crippen molar-refractivity contribution in [2.24, 2.45) is 5.92 Å². The normalized spacial score (nSPS) is 28.3. The first-order chi connectivity index (χ1) is 10.3. The fraction of sp³-hybridized carbons (Fsp3) is 0.842. The van der Waals surface area contributed by atoms with Gasteiger partial charge in [0.2, 0.25) is 0 Å². The number of ketones is 1. The quantitative estimate of drug-likeness (QED) is 0.368. The molecule has 2 saturated heterocycles. The number of rotatable bonds is 10. The van der Waals surface area contributed by atoms with Gasteiger partial charge in [-0.05, 0) is 44.9 Å². The molecule has 0 amide bonds. The Kier molecular flexibility index (Phi) is 7.92. The van der Waals surface area contributed by atoms with Crippen LogP contribution in [0.15, 0.2) is 12.7 Å². The van der Waals surface area contributed by atoms with Gasteiger partial charge in [-0.2, -0.15) is 11.8 Å². The number of carbonyl (C=O) groups is 1. The Morgan fingerprint density at radius 2 is 1.62 bits per heavy atom. The molecule has 2 atom stereocenters. The number of hydrogen-bond acceptors (Lipinski definition) is 2. The molecule has 0 aliphatic carbocycles. The maximum atomic E-state index is 12.4. The minimum absolute atomic E-state index is 0.411. The van der Waals surface area contributed by atoms with Crippen LogP contribution in [-0.2, 0) is 4.79 Å². The number of carbonyl (C=O) groups excluding carboxylic acids is 1. The number of fused-ring (bicyclic) bond motifs is 2. The van der Waals surface area contributed by atoms with Crippen LogP contribution in [0.1, 0.15) is 83.5 Å². The average Bonchev–Trinajstić information content (AvgIpc) is 2.49. The van der Waals surface area contributed by atoms with Crippen molar-refractivity contribution < 1.29 is 4.79 Å². The lowest BCUT2D eigenvalue weighted by molar-refractivity contribution is -0.123. The fourth-order valence-corrected chi connectivity index (χ4v) is 5.66. The Morgan fingerprint density at radius 3 is 2.29 bits per heavy atom. The van der Waals surface area contributed by atoms with Gasteiger partial charge in [-0.15, -0.1) is 6.58 Å². The Hall–Kier alpha value is -0.240. The van der Waals surface area contributed by atoms with Crippen LogP contribution in [0.2, 0.25) is 0 Å². The van der Waals surface area contributed by atoms with E-state index >= 15 is 0 Å². The highest BCUT2D eigenvalue weighted by Gasteiger charge is 2.34. The predicted octanol–water partition coefficient (Wildman–Crippen LogP) is 5.93. The van der Waals surface area contributed by atoms with Crippen LogP contribution in [0, 0.1) is 5.92 Å². The molecule has 0 spiro atoms. The molecule has 0 aromatic carbocycles. The summed E-state index contributed by atoms with van der Waals surface area (Å²) < 4.78 is 0. The molecule has 0 N–H and O–H groups in total. The third-order valence-electron chi connectivity index (χ3n) is 5.07. The minimum Gasteiger partial charge on any atom is -0.299 e. The van der Waals surface area contributed by atoms with Crippen molar-refractivity contribution in [1.29, 1.82) is 0 Å². The summed E-state index contributed by atoms with van der Waals surface area (Å²) in [4.78, 5) is 12.4. The molecule has 2 aliphatic rings. The molecule has 0 radical (unpaired) electrons. The van der Waals surface area contributed by atoms with Crippen molar-refractivity contribution in [2.75, 3.05) is 0 Å². The molecule has 2 heteroatoms. The fourth-order valence-electron chi connectivity index (χ4n) is 3.82. The van der Waals surface area contributed by atoms with E-state index in [-0.39, 0.29) is 0 Å². The Balaban J connectivity index is 1.52. The SMILES string of the molecule is C=CCCCCCCCCC(=O)C1CC2CCCC(C1)S2. The van der Waals surface area contributed by atoms with Crippen LogP contribution in [0.4, 0.5) is 0 Å². The maximum Gasteiger partial charge on any atom is 0.136 e. The second kappa shape index (κ2) is 9.71. The van der Waals surface area contributed by atoms with E-state index in [1.54, 1.807) is 0 Å². The molecule has 2 fully saturated rings. The van der Waals surface area contributed by atoms with Crippen molar-refractivity contribution in [1.82, 2.24) is 0 Å². The molecular weight excluding hydrogens is 276 g/mol. The molecule has 2 bridgehead atoms. The first kappa shape index (κ1) is 17.1. The summed E-state index contributed by atoms with van der Waals surface area (Å²) in [6.07, 6.45) is 18.1. The van der Waals surface area contributed by atoms with Crippen molar-refractivity contribution in [3.63, 3.8) is 0 Å². The molecule has 2 heterocycles. The van der Waals surface area contributed by atoms with E-state index in [0.29, 0.717) is 11.7 Å². The Morgan fingerprint density at radius 1 is 1.00 bits per heavy atom. The van der Waals surface area contributed by atoms with Crippen LogP contribution < -0.4 is 0 Å². The summed E-state index contributed by atoms with van der Waals surface area (Å²) in [5.74, 6) is 0.994. The standard InChI is InChI=1S/C19H32OS/c1-2-3-4-5-6-7-8-9-13-19(20)16-14-17-11-10-12-18(15-16)21-17/h2,16-18H,1,3-15H2. The minimum atomic E-state index is 0.411. The third kappa shape index (κ3) is 6.18. The van der Waals surface area contributed by atoms with Crippen LogP contribution in [-0.4, -0.2) is 16.3 Å². The third-order valence-corrected chi connectivity index (χ3v) is 6.69. The van der Waals surface area contributed by atoms with Crippen LogP contribution in [0.5, 0.6) is 0 Å². The van der Waals surface area contributed by atoms with Gasteiger partial charge in [-0.25, -0.2) is 0 Å². The molecule has 1 nitrogen and oxygen atoms in total. The Bertz CT molecular complexity index is 314. The Labute approximate surface area is 135 Å². The highest BCUT2D eigenvalue weighted by Crippen LogP contribution is 2.44. The highest BCUT2D eigenvalue weighted by atomic mass is 32.2. The summed E-state index contributed by atoms with van der Waals surface area (Å²) in [6.45, 7) is 3.75. The smallest absolute Gasteiger partial charge is 0.136 e. The zero-order valence-corrected chi connectivity index (χ0v) is 14.3. The van der Waals surface area contributed by atoms with Gasteiger partial charge in [0.25, 0.3) is 0 Å². The van der Waals surface area contributed by atoms with E-state index in [1.807, 2.05) is 6.08 Å². The molecule has 21 heavy (non-hydrogen) atoms. The lowest BCUT2D eigenvalue weighted by Gasteiger charge is -2.38. The summed E-state index contributed by atoms with van der Waals surface area (Å²) in [6, 6.07) is 0. The van der Waals surface area contributed by atoms with E-state index in [2.05, 4.69) is 18.3 Å². The van der Waals surface area contributed by atoms with Gasteiger partial charge >= 0.3 is 0 Å². The molecule has 2 unspecified atom stereocenters. The zero-order chi connectivity index (χ0) is 14.9. The lowest BCUT2D eigenvalue weighted by Crippen LogP contribution is -2.32. The second-order valence-electron chi connectivity index (χ2n) is 6.89. The molecule has 2 aliphatic heterocycles. The van der Waals surface area contributed by atoms with Crippen LogP contribution in [0.25, 0.3) is 0 Å². The topological polar surface area (TPSA) is 17.1 Å². The molecular formula is C19H32OS. The van der Waals surface area contributed by atoms with E-state index < -0.39 is 0 Å². The molecule has 0 aromatic heterocycles. The van der Waals surface area contributed by atoms with E-state index in [1.165, 1.54) is 64.2 Å². The lowest BCUT2D eigenvalue weighted by atomic mass is 9.85. The van der Waals surface area contributed by atoms with Gasteiger partial charge in [-0.3, -0.25) is 4.79 Å². The van der Waals surface area contributed by atoms with Crippen molar-refractivity contribution in [2.45, 2.75) is 94.0 Å². The predicted molar refractivity (Wildman–Crippen MR) is 93.9 cm³/mol. The van der Waals surface area contributed by atoms with E-state index in [9.17, 15) is 4.79 Å². The van der Waals surface area contributed by atoms with Crippen molar-refractivity contribution >= 4 is 17.5 Å². The van der Waals surface area contributed by atoms with Gasteiger partial charge < -0.3 is 0 Å². The number of Topliss-reactive ketones (excluding diaryl/α,β-unsaturated/α-hetero) is 1. The molecule has 0 saturated carbocycles. The monoisotopic (exact) mass is 308 g/mol. The summed E-state index contributed by atoms with van der Waals surface area (Å²) in [7, 11) is 0. The van der Waals surface area contributed by atoms with Gasteiger partial charge in [0, 0.05) is 22.8 Å². The number of hydrogen-bond donors (Lipinski definition) is 0. The summed E-state index contributed by atoms with van der Waals surface area (Å²) >= 11 is 2.18. The van der Waals surface area contributed by atoms with Gasteiger partial charge in [0.1, 0.15) is 5.78 Å². The van der Waals surface area contributed by atoms with Gasteiger partial charge in [-0.1, -0.05) is 38.2 Å². The average molecular weight is 309 g/mol. The second-order valence-corrected chi connectivity index (χ2v) is 8.50. The molecule has 120 valence electrons. The molecule has 2 rings (SSSR count). The zero-order valence-electron chi connectivity index (χ0n) is 13.5. The molecule has 0 aromatic rings. The highest BCUT2D eigenvalue weighted by molar-refractivity contribution is 8.00. The van der Waals surface area contributed by atoms with Crippen molar-refractivity contribution in [3.05, 3.63) is 12.7 Å². The number of thioether (sulfide) groups is 1. The largest absolute Gasteiger partial charge is 0.299 e. The van der Waals surface area contributed by atoms with Crippen LogP contribution >= 0.6 is 11.8 Å². The summed E-state index contributed by atoms with van der Waals surface area (Å²) in [5.41, 5.74) is 0. The van der Waals surface area contributed by atoms with E-state index in [0.717, 1.165) is 29.8 Å². The first-order valence-corrected chi connectivity index (χ1v) is 10.0. The van der Waals surface area contributed by atoms with Crippen LogP contribution in [0.3, 0.4) is 0 Å². The maximum absolute atomic E-state index is 12.4. The van der Waals surface area contributed by atoms with Gasteiger partial charge in [0.05, 0.1) is 0 Å². The van der Waals surface area contributed by atoms with E-state index in [4.69, 9.17) is 0 Å². The summed E-state index contributed by atoms with van der Waals surface area (Å²) in [5, 5.41) is 1.60. The van der Waals surface area contributed by atoms with Crippen molar-refractivity contribution in [3.8, 4) is 0 Å². The number of unbranched alkanes of at least 4 members (excludes halogenated alkanes) is 6. The van der Waals surface area contributed by atoms with Gasteiger partial charge in [0.15, 0.2) is 0 Å². The number of allylic oxidation sites excluding steroid dienone is 1. The first-order valence-electron chi connectivity index (χ1n) is 9.08.